The van der Waals surface area contributed by atoms with E-state index in [1.165, 1.54) is 0 Å². The number of para-hydroxylation sites is 1. The summed E-state index contributed by atoms with van der Waals surface area (Å²) in [7, 11) is 0. The number of nitrogens with one attached hydrogen (secondary N) is 1. The summed E-state index contributed by atoms with van der Waals surface area (Å²) in [6.07, 6.45) is 4.22. The Bertz CT molecular complexity index is 1010. The van der Waals surface area contributed by atoms with E-state index in [0.717, 1.165) is 53.1 Å². The SMILES string of the molecule is CC1CCC(NC(=O)COC(=O)c2cc(-c3cccs3)nc3ccccc23)CC1. The molecule has 0 atom stereocenters. The third-order valence-electron chi connectivity index (χ3n) is 5.43. The lowest BCUT2D eigenvalue weighted by Gasteiger charge is -2.26. The number of benzene rings is 1. The monoisotopic (exact) mass is 408 g/mol. The lowest BCUT2D eigenvalue weighted by atomic mass is 9.87. The van der Waals surface area contributed by atoms with Gasteiger partial charge in [0.05, 0.1) is 21.7 Å². The molecule has 2 aromatic heterocycles. The predicted molar refractivity (Wildman–Crippen MR) is 115 cm³/mol. The van der Waals surface area contributed by atoms with Crippen molar-refractivity contribution in [3.05, 3.63) is 53.4 Å². The van der Waals surface area contributed by atoms with Crippen LogP contribution < -0.4 is 5.32 Å². The molecule has 2 heterocycles. The second-order valence-corrected chi connectivity index (χ2v) is 8.60. The van der Waals surface area contributed by atoms with Gasteiger partial charge >= 0.3 is 5.97 Å². The summed E-state index contributed by atoms with van der Waals surface area (Å²) in [5.74, 6) is -0.0259. The number of hydrogen-bond acceptors (Lipinski definition) is 5. The number of carbonyl (C=O) groups excluding carboxylic acids is 2. The molecule has 5 nitrogen and oxygen atoms in total. The zero-order valence-electron chi connectivity index (χ0n) is 16.4. The summed E-state index contributed by atoms with van der Waals surface area (Å²) in [5, 5.41) is 5.68. The number of hydrogen-bond donors (Lipinski definition) is 1. The lowest BCUT2D eigenvalue weighted by Crippen LogP contribution is -2.39. The average molecular weight is 409 g/mol. The summed E-state index contributed by atoms with van der Waals surface area (Å²) < 4.78 is 5.36. The van der Waals surface area contributed by atoms with Crippen LogP contribution in [-0.2, 0) is 9.53 Å². The van der Waals surface area contributed by atoms with Crippen LogP contribution in [0.5, 0.6) is 0 Å². The van der Waals surface area contributed by atoms with Gasteiger partial charge < -0.3 is 10.1 Å². The van der Waals surface area contributed by atoms with E-state index in [-0.39, 0.29) is 18.6 Å². The van der Waals surface area contributed by atoms with E-state index in [1.807, 2.05) is 41.8 Å². The van der Waals surface area contributed by atoms with Crippen molar-refractivity contribution in [2.24, 2.45) is 5.92 Å². The Kier molecular flexibility index (Phi) is 5.90. The maximum absolute atomic E-state index is 12.8. The molecule has 0 bridgehead atoms. The summed E-state index contributed by atoms with van der Waals surface area (Å²) >= 11 is 1.56. The number of rotatable bonds is 5. The van der Waals surface area contributed by atoms with Gasteiger partial charge in [-0.15, -0.1) is 11.3 Å². The highest BCUT2D eigenvalue weighted by Gasteiger charge is 2.21. The van der Waals surface area contributed by atoms with Crippen LogP contribution in [0.2, 0.25) is 0 Å². The van der Waals surface area contributed by atoms with Crippen molar-refractivity contribution in [3.63, 3.8) is 0 Å². The first-order chi connectivity index (χ1) is 14.1. The van der Waals surface area contributed by atoms with Gasteiger partial charge in [-0.1, -0.05) is 31.2 Å². The fourth-order valence-corrected chi connectivity index (χ4v) is 4.46. The van der Waals surface area contributed by atoms with E-state index in [2.05, 4.69) is 17.2 Å². The molecule has 1 N–H and O–H groups in total. The lowest BCUT2D eigenvalue weighted by molar-refractivity contribution is -0.125. The van der Waals surface area contributed by atoms with Gasteiger partial charge in [0.2, 0.25) is 0 Å². The number of aromatic nitrogens is 1. The van der Waals surface area contributed by atoms with Crippen molar-refractivity contribution >= 4 is 34.1 Å². The number of amides is 1. The minimum atomic E-state index is -0.506. The van der Waals surface area contributed by atoms with E-state index in [0.29, 0.717) is 5.56 Å². The Balaban J connectivity index is 1.47. The van der Waals surface area contributed by atoms with Crippen molar-refractivity contribution < 1.29 is 14.3 Å². The van der Waals surface area contributed by atoms with E-state index >= 15 is 0 Å². The van der Waals surface area contributed by atoms with Crippen molar-refractivity contribution in [2.45, 2.75) is 38.6 Å². The fraction of sp³-hybridized carbons (Fsp3) is 0.348. The fourth-order valence-electron chi connectivity index (χ4n) is 3.78. The zero-order valence-corrected chi connectivity index (χ0v) is 17.2. The van der Waals surface area contributed by atoms with Gasteiger partial charge in [0, 0.05) is 11.4 Å². The van der Waals surface area contributed by atoms with Gasteiger partial charge in [0.1, 0.15) is 0 Å². The van der Waals surface area contributed by atoms with Crippen molar-refractivity contribution in [1.82, 2.24) is 10.3 Å². The Morgan fingerprint density at radius 1 is 1.14 bits per heavy atom. The third-order valence-corrected chi connectivity index (χ3v) is 6.32. The van der Waals surface area contributed by atoms with Crippen LogP contribution in [0.4, 0.5) is 0 Å². The van der Waals surface area contributed by atoms with Gasteiger partial charge in [-0.2, -0.15) is 0 Å². The smallest absolute Gasteiger partial charge is 0.339 e. The van der Waals surface area contributed by atoms with E-state index in [4.69, 9.17) is 4.74 Å². The van der Waals surface area contributed by atoms with Crippen LogP contribution >= 0.6 is 11.3 Å². The standard InChI is InChI=1S/C23H24N2O3S/c1-15-8-10-16(11-9-15)24-22(26)14-28-23(27)18-13-20(21-7-4-12-29-21)25-19-6-3-2-5-17(18)19/h2-7,12-13,15-16H,8-11,14H2,1H3,(H,24,26). The third kappa shape index (κ3) is 4.65. The molecule has 3 aromatic rings. The van der Waals surface area contributed by atoms with Crippen LogP contribution in [0.15, 0.2) is 47.8 Å². The summed E-state index contributed by atoms with van der Waals surface area (Å²) in [6.45, 7) is 1.97. The molecule has 6 heteroatoms. The molecule has 1 aliphatic carbocycles. The number of ether oxygens (including phenoxy) is 1. The molecule has 29 heavy (non-hydrogen) atoms. The van der Waals surface area contributed by atoms with Gasteiger partial charge in [0.15, 0.2) is 6.61 Å². The molecular weight excluding hydrogens is 384 g/mol. The van der Waals surface area contributed by atoms with E-state index in [1.54, 1.807) is 17.4 Å². The molecule has 1 aromatic carbocycles. The summed E-state index contributed by atoms with van der Waals surface area (Å²) in [4.78, 5) is 30.7. The Morgan fingerprint density at radius 3 is 2.69 bits per heavy atom. The van der Waals surface area contributed by atoms with Gasteiger partial charge in [-0.25, -0.2) is 9.78 Å². The van der Waals surface area contributed by atoms with Gasteiger partial charge in [-0.3, -0.25) is 4.79 Å². The minimum Gasteiger partial charge on any atom is -0.452 e. The first-order valence-corrected chi connectivity index (χ1v) is 10.9. The van der Waals surface area contributed by atoms with Crippen molar-refractivity contribution in [1.29, 1.82) is 0 Å². The number of esters is 1. The molecule has 0 aliphatic heterocycles. The zero-order chi connectivity index (χ0) is 20.2. The number of fused-ring (bicyclic) bond motifs is 1. The first-order valence-electron chi connectivity index (χ1n) is 10.0. The van der Waals surface area contributed by atoms with Gasteiger partial charge in [-0.05, 0) is 55.2 Å². The molecule has 1 saturated carbocycles. The van der Waals surface area contributed by atoms with Crippen LogP contribution in [0.1, 0.15) is 43.0 Å². The first kappa shape index (κ1) is 19.6. The van der Waals surface area contributed by atoms with E-state index < -0.39 is 5.97 Å². The molecular formula is C23H24N2O3S. The topological polar surface area (TPSA) is 68.3 Å². The Hall–Kier alpha value is -2.73. The maximum Gasteiger partial charge on any atom is 0.339 e. The predicted octanol–water partition coefficient (Wildman–Crippen LogP) is 4.82. The molecule has 1 fully saturated rings. The van der Waals surface area contributed by atoms with E-state index in [9.17, 15) is 9.59 Å². The largest absolute Gasteiger partial charge is 0.452 e. The van der Waals surface area contributed by atoms with Crippen LogP contribution in [-0.4, -0.2) is 29.5 Å². The maximum atomic E-state index is 12.8. The molecule has 4 rings (SSSR count). The van der Waals surface area contributed by atoms with Crippen LogP contribution in [0.25, 0.3) is 21.5 Å². The molecule has 1 aliphatic rings. The minimum absolute atomic E-state index is 0.185. The second kappa shape index (κ2) is 8.74. The van der Waals surface area contributed by atoms with Crippen LogP contribution in [0.3, 0.4) is 0 Å². The van der Waals surface area contributed by atoms with Gasteiger partial charge in [0.25, 0.3) is 5.91 Å². The molecule has 150 valence electrons. The Labute approximate surface area is 174 Å². The highest BCUT2D eigenvalue weighted by Crippen LogP contribution is 2.28. The van der Waals surface area contributed by atoms with Crippen LogP contribution in [0, 0.1) is 5.92 Å². The molecule has 0 radical (unpaired) electrons. The number of thiophene rings is 1. The highest BCUT2D eigenvalue weighted by atomic mass is 32.1. The number of pyridine rings is 1. The number of carbonyl (C=O) groups is 2. The highest BCUT2D eigenvalue weighted by molar-refractivity contribution is 7.13. The summed E-state index contributed by atoms with van der Waals surface area (Å²) in [5.41, 5.74) is 1.89. The second-order valence-electron chi connectivity index (χ2n) is 7.65. The Morgan fingerprint density at radius 2 is 1.93 bits per heavy atom. The number of nitrogens with zero attached hydrogens (tertiary/aromatic N) is 1. The van der Waals surface area contributed by atoms with Crippen molar-refractivity contribution in [3.8, 4) is 10.6 Å². The quantitative estimate of drug-likeness (QED) is 0.615. The molecule has 0 spiro atoms. The molecule has 0 saturated heterocycles. The van der Waals surface area contributed by atoms with Crippen molar-refractivity contribution in [2.75, 3.05) is 6.61 Å². The molecule has 0 unspecified atom stereocenters. The normalized spacial score (nSPS) is 19.1. The summed E-state index contributed by atoms with van der Waals surface area (Å²) in [6, 6.07) is 13.3. The molecule has 1 amide bonds. The average Bonchev–Trinajstić information content (AvgIpc) is 3.28.